The number of rotatable bonds is 5. The molecule has 1 aliphatic rings. The second-order valence-corrected chi connectivity index (χ2v) is 7.85. The highest BCUT2D eigenvalue weighted by Gasteiger charge is 2.26. The maximum Gasteiger partial charge on any atom is 0.257 e. The van der Waals surface area contributed by atoms with Gasteiger partial charge in [0.15, 0.2) is 0 Å². The molecule has 1 saturated heterocycles. The Morgan fingerprint density at radius 1 is 1.03 bits per heavy atom. The third kappa shape index (κ3) is 4.52. The van der Waals surface area contributed by atoms with Gasteiger partial charge < -0.3 is 19.5 Å². The number of hydrogen-bond acceptors (Lipinski definition) is 8. The first-order valence-corrected chi connectivity index (χ1v) is 10.7. The Hall–Kier alpha value is -4.27. The summed E-state index contributed by atoms with van der Waals surface area (Å²) in [5, 5.41) is 2.82. The van der Waals surface area contributed by atoms with Crippen LogP contribution in [-0.4, -0.2) is 51.5 Å². The summed E-state index contributed by atoms with van der Waals surface area (Å²) in [5.74, 6) is 1.36. The minimum Gasteiger partial charge on any atom is -0.472 e. The molecule has 5 rings (SSSR count). The number of furan rings is 1. The van der Waals surface area contributed by atoms with Gasteiger partial charge in [-0.25, -0.2) is 15.0 Å². The lowest BCUT2D eigenvalue weighted by Gasteiger charge is -2.40. The van der Waals surface area contributed by atoms with Crippen molar-refractivity contribution in [3.63, 3.8) is 0 Å². The number of anilines is 3. The molecule has 1 fully saturated rings. The van der Waals surface area contributed by atoms with Gasteiger partial charge in [0, 0.05) is 43.6 Å². The molecule has 1 atom stereocenters. The molecule has 166 valence electrons. The molecule has 0 radical (unpaired) electrons. The molecule has 0 saturated carbocycles. The lowest BCUT2D eigenvalue weighted by molar-refractivity contribution is 0.102. The molecular formula is C24H23N7O2. The quantitative estimate of drug-likeness (QED) is 0.502. The van der Waals surface area contributed by atoms with Crippen LogP contribution in [-0.2, 0) is 0 Å². The van der Waals surface area contributed by atoms with Gasteiger partial charge in [0.1, 0.15) is 5.82 Å². The summed E-state index contributed by atoms with van der Waals surface area (Å²) >= 11 is 0. The highest BCUT2D eigenvalue weighted by Crippen LogP contribution is 2.21. The van der Waals surface area contributed by atoms with Crippen molar-refractivity contribution in [2.75, 3.05) is 34.8 Å². The zero-order chi connectivity index (χ0) is 22.6. The number of nitrogens with one attached hydrogen (secondary N) is 1. The number of carbonyl (C=O) groups excluding carboxylic acids is 1. The van der Waals surface area contributed by atoms with Gasteiger partial charge >= 0.3 is 0 Å². The molecule has 0 aliphatic carbocycles. The second kappa shape index (κ2) is 9.07. The van der Waals surface area contributed by atoms with Crippen LogP contribution < -0.4 is 15.1 Å². The summed E-state index contributed by atoms with van der Waals surface area (Å²) in [6.07, 6.45) is 9.81. The van der Waals surface area contributed by atoms with Crippen molar-refractivity contribution in [1.29, 1.82) is 0 Å². The molecule has 0 bridgehead atoms. The summed E-state index contributed by atoms with van der Waals surface area (Å²) in [6.45, 7) is 4.61. The number of amides is 1. The zero-order valence-electron chi connectivity index (χ0n) is 18.1. The molecule has 9 heteroatoms. The van der Waals surface area contributed by atoms with E-state index in [1.54, 1.807) is 37.1 Å². The smallest absolute Gasteiger partial charge is 0.257 e. The Morgan fingerprint density at radius 2 is 1.91 bits per heavy atom. The highest BCUT2D eigenvalue weighted by atomic mass is 16.3. The Labute approximate surface area is 191 Å². The van der Waals surface area contributed by atoms with E-state index >= 15 is 0 Å². The van der Waals surface area contributed by atoms with Crippen molar-refractivity contribution in [3.8, 4) is 11.3 Å². The van der Waals surface area contributed by atoms with E-state index in [-0.39, 0.29) is 11.9 Å². The van der Waals surface area contributed by atoms with Crippen LogP contribution in [0.5, 0.6) is 0 Å². The predicted molar refractivity (Wildman–Crippen MR) is 125 cm³/mol. The number of nitrogens with zero attached hydrogens (tertiary/aromatic N) is 6. The monoisotopic (exact) mass is 441 g/mol. The van der Waals surface area contributed by atoms with Gasteiger partial charge in [0.2, 0.25) is 5.95 Å². The first-order chi connectivity index (χ1) is 16.2. The van der Waals surface area contributed by atoms with Crippen LogP contribution in [0.4, 0.5) is 17.5 Å². The molecule has 9 nitrogen and oxygen atoms in total. The first kappa shape index (κ1) is 20.6. The van der Waals surface area contributed by atoms with E-state index in [9.17, 15) is 4.79 Å². The van der Waals surface area contributed by atoms with E-state index in [1.807, 2.05) is 30.5 Å². The maximum atomic E-state index is 12.6. The zero-order valence-corrected chi connectivity index (χ0v) is 18.1. The Kier molecular flexibility index (Phi) is 5.67. The number of hydrogen-bond donors (Lipinski definition) is 1. The van der Waals surface area contributed by atoms with Gasteiger partial charge in [0.25, 0.3) is 5.91 Å². The summed E-state index contributed by atoms with van der Waals surface area (Å²) in [6, 6.07) is 11.5. The van der Waals surface area contributed by atoms with Crippen molar-refractivity contribution < 1.29 is 9.21 Å². The fraction of sp³-hybridized carbons (Fsp3) is 0.208. The molecule has 4 aromatic rings. The van der Waals surface area contributed by atoms with E-state index in [0.717, 1.165) is 36.7 Å². The van der Waals surface area contributed by atoms with Crippen molar-refractivity contribution >= 4 is 23.4 Å². The fourth-order valence-electron chi connectivity index (χ4n) is 3.85. The lowest BCUT2D eigenvalue weighted by atomic mass is 10.2. The Balaban J connectivity index is 1.20. The molecule has 0 unspecified atom stereocenters. The third-order valence-electron chi connectivity index (χ3n) is 5.60. The van der Waals surface area contributed by atoms with Crippen LogP contribution in [0.1, 0.15) is 17.3 Å². The standard InChI is InChI=1S/C24H23N7O2/c1-17-15-30(22-4-2-3-8-25-22)9-10-31(17)24-27-13-20(14-28-24)29-23(32)18-5-6-21(26-12-18)19-7-11-33-16-19/h2-8,11-14,16-17H,9-10,15H2,1H3,(H,29,32)/t17-/m0/s1. The van der Waals surface area contributed by atoms with Crippen molar-refractivity contribution in [1.82, 2.24) is 19.9 Å². The van der Waals surface area contributed by atoms with Crippen molar-refractivity contribution in [2.24, 2.45) is 0 Å². The van der Waals surface area contributed by atoms with Gasteiger partial charge in [-0.3, -0.25) is 9.78 Å². The van der Waals surface area contributed by atoms with E-state index in [2.05, 4.69) is 42.0 Å². The normalized spacial score (nSPS) is 16.0. The van der Waals surface area contributed by atoms with Gasteiger partial charge in [-0.05, 0) is 37.3 Å². The van der Waals surface area contributed by atoms with E-state index in [4.69, 9.17) is 4.42 Å². The predicted octanol–water partition coefficient (Wildman–Crippen LogP) is 3.49. The molecule has 1 amide bonds. The van der Waals surface area contributed by atoms with E-state index in [0.29, 0.717) is 17.2 Å². The van der Waals surface area contributed by atoms with E-state index < -0.39 is 0 Å². The molecule has 33 heavy (non-hydrogen) atoms. The Bertz CT molecular complexity index is 1200. The lowest BCUT2D eigenvalue weighted by Crippen LogP contribution is -2.53. The highest BCUT2D eigenvalue weighted by molar-refractivity contribution is 6.04. The van der Waals surface area contributed by atoms with E-state index in [1.165, 1.54) is 6.20 Å². The number of aromatic nitrogens is 4. The molecular weight excluding hydrogens is 418 g/mol. The van der Waals surface area contributed by atoms with Crippen molar-refractivity contribution in [3.05, 3.63) is 79.3 Å². The number of piperazine rings is 1. The van der Waals surface area contributed by atoms with Gasteiger partial charge in [-0.2, -0.15) is 0 Å². The molecule has 0 spiro atoms. The maximum absolute atomic E-state index is 12.6. The van der Waals surface area contributed by atoms with Crippen molar-refractivity contribution in [2.45, 2.75) is 13.0 Å². The fourth-order valence-corrected chi connectivity index (χ4v) is 3.85. The molecule has 1 aliphatic heterocycles. The largest absolute Gasteiger partial charge is 0.472 e. The van der Waals surface area contributed by atoms with Crippen LogP contribution in [0.15, 0.2) is 78.1 Å². The Morgan fingerprint density at radius 3 is 2.58 bits per heavy atom. The average Bonchev–Trinajstić information content (AvgIpc) is 3.40. The van der Waals surface area contributed by atoms with Gasteiger partial charge in [-0.15, -0.1) is 0 Å². The van der Waals surface area contributed by atoms with Crippen LogP contribution >= 0.6 is 0 Å². The number of pyridine rings is 2. The minimum atomic E-state index is -0.269. The molecule has 4 aromatic heterocycles. The van der Waals surface area contributed by atoms with Gasteiger partial charge in [0.05, 0.1) is 41.9 Å². The van der Waals surface area contributed by atoms with Crippen LogP contribution in [0.2, 0.25) is 0 Å². The summed E-state index contributed by atoms with van der Waals surface area (Å²) in [7, 11) is 0. The first-order valence-electron chi connectivity index (χ1n) is 10.7. The topological polar surface area (TPSA) is 100 Å². The summed E-state index contributed by atoms with van der Waals surface area (Å²) < 4.78 is 5.07. The van der Waals surface area contributed by atoms with Crippen LogP contribution in [0.25, 0.3) is 11.3 Å². The minimum absolute atomic E-state index is 0.223. The third-order valence-corrected chi connectivity index (χ3v) is 5.60. The SMILES string of the molecule is C[C@H]1CN(c2ccccn2)CCN1c1ncc(NC(=O)c2ccc(-c3ccoc3)nc2)cn1. The van der Waals surface area contributed by atoms with Gasteiger partial charge in [-0.1, -0.05) is 6.07 Å². The van der Waals surface area contributed by atoms with Crippen LogP contribution in [0, 0.1) is 0 Å². The summed E-state index contributed by atoms with van der Waals surface area (Å²) in [5.41, 5.74) is 2.58. The number of carbonyl (C=O) groups is 1. The average molecular weight is 441 g/mol. The molecule has 1 N–H and O–H groups in total. The van der Waals surface area contributed by atoms with Crippen LogP contribution in [0.3, 0.4) is 0 Å². The summed E-state index contributed by atoms with van der Waals surface area (Å²) in [4.78, 5) is 34.8. The molecule has 0 aromatic carbocycles. The second-order valence-electron chi connectivity index (χ2n) is 7.85. The molecule has 5 heterocycles.